The largest absolute Gasteiger partial charge is 0.496 e. The third-order valence-corrected chi connectivity index (χ3v) is 5.58. The monoisotopic (exact) mass is 442 g/mol. The van der Waals surface area contributed by atoms with Gasteiger partial charge in [-0.2, -0.15) is 0 Å². The third kappa shape index (κ3) is 5.23. The summed E-state index contributed by atoms with van der Waals surface area (Å²) in [6.07, 6.45) is 3.47. The number of imidazole rings is 1. The maximum absolute atomic E-state index is 11.4. The van der Waals surface area contributed by atoms with Crippen LogP contribution < -0.4 is 9.47 Å². The Hall–Kier alpha value is -4.06. The summed E-state index contributed by atoms with van der Waals surface area (Å²) < 4.78 is 13.3. The highest BCUT2D eigenvalue weighted by molar-refractivity contribution is 5.71. The van der Waals surface area contributed by atoms with Crippen molar-refractivity contribution >= 4 is 5.97 Å². The lowest BCUT2D eigenvalue weighted by atomic mass is 9.94. The molecule has 1 N–H and O–H groups in total. The zero-order chi connectivity index (χ0) is 23.2. The van der Waals surface area contributed by atoms with E-state index in [4.69, 9.17) is 9.47 Å². The fourth-order valence-corrected chi connectivity index (χ4v) is 3.92. The van der Waals surface area contributed by atoms with E-state index in [-0.39, 0.29) is 12.3 Å². The molecular formula is C27H26N2O4. The number of benzene rings is 3. The maximum Gasteiger partial charge on any atom is 0.304 e. The molecule has 0 amide bonds. The molecule has 0 spiro atoms. The molecule has 168 valence electrons. The number of aromatic nitrogens is 2. The lowest BCUT2D eigenvalue weighted by Crippen LogP contribution is -2.12. The van der Waals surface area contributed by atoms with E-state index in [0.717, 1.165) is 39.6 Å². The van der Waals surface area contributed by atoms with E-state index in [2.05, 4.69) is 17.1 Å². The number of methoxy groups -OCH3 is 1. The Labute approximate surface area is 193 Å². The van der Waals surface area contributed by atoms with E-state index in [1.807, 2.05) is 78.5 Å². The molecule has 0 saturated carbocycles. The Bertz CT molecular complexity index is 1230. The first-order valence-corrected chi connectivity index (χ1v) is 10.7. The topological polar surface area (TPSA) is 73.6 Å². The van der Waals surface area contributed by atoms with Crippen LogP contribution in [-0.4, -0.2) is 27.7 Å². The summed E-state index contributed by atoms with van der Waals surface area (Å²) in [5.41, 5.74) is 4.02. The van der Waals surface area contributed by atoms with Crippen molar-refractivity contribution in [3.8, 4) is 22.6 Å². The van der Waals surface area contributed by atoms with Crippen LogP contribution in [0.4, 0.5) is 0 Å². The summed E-state index contributed by atoms with van der Waals surface area (Å²) in [5, 5.41) is 9.37. The van der Waals surface area contributed by atoms with Crippen LogP contribution in [0.15, 0.2) is 85.2 Å². The van der Waals surface area contributed by atoms with E-state index >= 15 is 0 Å². The van der Waals surface area contributed by atoms with Crippen LogP contribution >= 0.6 is 0 Å². The quantitative estimate of drug-likeness (QED) is 0.382. The van der Waals surface area contributed by atoms with Crippen molar-refractivity contribution in [3.63, 3.8) is 0 Å². The van der Waals surface area contributed by atoms with E-state index in [0.29, 0.717) is 6.61 Å². The van der Waals surface area contributed by atoms with Crippen molar-refractivity contribution in [1.82, 2.24) is 9.55 Å². The lowest BCUT2D eigenvalue weighted by Gasteiger charge is -2.16. The van der Waals surface area contributed by atoms with Gasteiger partial charge in [0.25, 0.3) is 0 Å². The van der Waals surface area contributed by atoms with Crippen LogP contribution in [0.3, 0.4) is 0 Å². The van der Waals surface area contributed by atoms with Gasteiger partial charge in [0.2, 0.25) is 0 Å². The number of aryl methyl sites for hydroxylation is 1. The Morgan fingerprint density at radius 2 is 1.85 bits per heavy atom. The molecule has 0 bridgehead atoms. The molecule has 0 radical (unpaired) electrons. The fraction of sp³-hybridized carbons (Fsp3) is 0.185. The maximum atomic E-state index is 11.4. The van der Waals surface area contributed by atoms with Gasteiger partial charge in [-0.3, -0.25) is 4.79 Å². The van der Waals surface area contributed by atoms with Crippen LogP contribution in [0.2, 0.25) is 0 Å². The Kier molecular flexibility index (Phi) is 6.74. The minimum absolute atomic E-state index is 0.0270. The van der Waals surface area contributed by atoms with Crippen molar-refractivity contribution < 1.29 is 19.4 Å². The van der Waals surface area contributed by atoms with Gasteiger partial charge in [0.15, 0.2) is 0 Å². The first-order chi connectivity index (χ1) is 16.0. The highest BCUT2D eigenvalue weighted by atomic mass is 16.5. The summed E-state index contributed by atoms with van der Waals surface area (Å²) in [6, 6.07) is 23.7. The molecule has 3 aromatic carbocycles. The standard InChI is InChI=1S/C27H26N2O4/c1-29-15-14-28-27(29)24(17-26(30)31)20-10-12-22(13-11-20)33-18-19-6-5-7-21(16-19)23-8-3-4-9-25(23)32-2/h3-16,24H,17-18H2,1-2H3,(H,30,31)/t24-/m0/s1. The van der Waals surface area contributed by atoms with Gasteiger partial charge < -0.3 is 19.1 Å². The second-order valence-electron chi connectivity index (χ2n) is 7.81. The highest BCUT2D eigenvalue weighted by Crippen LogP contribution is 2.31. The van der Waals surface area contributed by atoms with Gasteiger partial charge in [0.05, 0.1) is 19.4 Å². The zero-order valence-electron chi connectivity index (χ0n) is 18.6. The molecule has 0 aliphatic rings. The first kappa shape index (κ1) is 22.1. The fourth-order valence-electron chi connectivity index (χ4n) is 3.92. The number of ether oxygens (including phenoxy) is 2. The van der Waals surface area contributed by atoms with Crippen molar-refractivity contribution in [2.24, 2.45) is 7.05 Å². The van der Waals surface area contributed by atoms with E-state index in [9.17, 15) is 9.90 Å². The molecule has 0 unspecified atom stereocenters. The molecule has 33 heavy (non-hydrogen) atoms. The van der Waals surface area contributed by atoms with Crippen LogP contribution in [-0.2, 0) is 18.4 Å². The minimum Gasteiger partial charge on any atom is -0.496 e. The number of carboxylic acid groups (broad SMARTS) is 1. The van der Waals surface area contributed by atoms with Crippen LogP contribution in [0.1, 0.15) is 29.3 Å². The molecule has 0 fully saturated rings. The SMILES string of the molecule is COc1ccccc1-c1cccc(COc2ccc([C@H](CC(=O)O)c3nccn3C)cc2)c1. The predicted octanol–water partition coefficient (Wildman–Crippen LogP) is 5.28. The molecule has 6 nitrogen and oxygen atoms in total. The van der Waals surface area contributed by atoms with Gasteiger partial charge in [-0.1, -0.05) is 48.5 Å². The Morgan fingerprint density at radius 3 is 2.55 bits per heavy atom. The smallest absolute Gasteiger partial charge is 0.304 e. The third-order valence-electron chi connectivity index (χ3n) is 5.58. The van der Waals surface area contributed by atoms with Gasteiger partial charge in [-0.15, -0.1) is 0 Å². The Balaban J connectivity index is 1.48. The van der Waals surface area contributed by atoms with Gasteiger partial charge in [0.1, 0.15) is 23.9 Å². The predicted molar refractivity (Wildman–Crippen MR) is 127 cm³/mol. The summed E-state index contributed by atoms with van der Waals surface area (Å²) >= 11 is 0. The summed E-state index contributed by atoms with van der Waals surface area (Å²) in [7, 11) is 3.54. The number of aliphatic carboxylic acids is 1. The number of nitrogens with zero attached hydrogens (tertiary/aromatic N) is 2. The molecule has 1 heterocycles. The van der Waals surface area contributed by atoms with Crippen molar-refractivity contribution in [1.29, 1.82) is 0 Å². The van der Waals surface area contributed by atoms with Crippen LogP contribution in [0.5, 0.6) is 11.5 Å². The van der Waals surface area contributed by atoms with Crippen molar-refractivity contribution in [2.75, 3.05) is 7.11 Å². The van der Waals surface area contributed by atoms with Crippen molar-refractivity contribution in [2.45, 2.75) is 18.9 Å². The second-order valence-corrected chi connectivity index (χ2v) is 7.81. The summed E-state index contributed by atoms with van der Waals surface area (Å²) in [4.78, 5) is 15.8. The number of carbonyl (C=O) groups is 1. The average Bonchev–Trinajstić information content (AvgIpc) is 3.27. The van der Waals surface area contributed by atoms with Gasteiger partial charge in [-0.05, 0) is 41.0 Å². The van der Waals surface area contributed by atoms with Crippen molar-refractivity contribution in [3.05, 3.63) is 102 Å². The molecule has 1 atom stereocenters. The van der Waals surface area contributed by atoms with E-state index < -0.39 is 5.97 Å². The second kappa shape index (κ2) is 10.0. The number of carboxylic acids is 1. The lowest BCUT2D eigenvalue weighted by molar-refractivity contribution is -0.137. The van der Waals surface area contributed by atoms with E-state index in [1.54, 1.807) is 13.3 Å². The molecule has 1 aromatic heterocycles. The minimum atomic E-state index is -0.863. The molecule has 4 rings (SSSR count). The number of rotatable bonds is 9. The summed E-state index contributed by atoms with van der Waals surface area (Å²) in [5.74, 6) is 1.08. The average molecular weight is 443 g/mol. The molecule has 4 aromatic rings. The van der Waals surface area contributed by atoms with Crippen LogP contribution in [0, 0.1) is 0 Å². The number of para-hydroxylation sites is 1. The zero-order valence-corrected chi connectivity index (χ0v) is 18.6. The molecule has 0 saturated heterocycles. The van der Waals surface area contributed by atoms with E-state index in [1.165, 1.54) is 0 Å². The number of hydrogen-bond donors (Lipinski definition) is 1. The normalized spacial score (nSPS) is 11.7. The number of hydrogen-bond acceptors (Lipinski definition) is 4. The van der Waals surface area contributed by atoms with Gasteiger partial charge in [0, 0.05) is 25.0 Å². The molecule has 0 aliphatic heterocycles. The van der Waals surface area contributed by atoms with Gasteiger partial charge >= 0.3 is 5.97 Å². The Morgan fingerprint density at radius 1 is 1.06 bits per heavy atom. The van der Waals surface area contributed by atoms with Crippen LogP contribution in [0.25, 0.3) is 11.1 Å². The molecule has 6 heteroatoms. The highest BCUT2D eigenvalue weighted by Gasteiger charge is 2.21. The summed E-state index contributed by atoms with van der Waals surface area (Å²) in [6.45, 7) is 0.417. The molecular weight excluding hydrogens is 416 g/mol. The first-order valence-electron chi connectivity index (χ1n) is 10.7. The molecule has 0 aliphatic carbocycles. The van der Waals surface area contributed by atoms with Gasteiger partial charge in [-0.25, -0.2) is 4.98 Å².